The van der Waals surface area contributed by atoms with Crippen molar-refractivity contribution in [3.05, 3.63) is 23.9 Å². The van der Waals surface area contributed by atoms with Crippen LogP contribution in [-0.4, -0.2) is 61.7 Å². The Bertz CT molecular complexity index is 461. The lowest BCUT2D eigenvalue weighted by Crippen LogP contribution is -2.39. The van der Waals surface area contributed by atoms with Crippen LogP contribution in [0.1, 0.15) is 30.1 Å². The van der Waals surface area contributed by atoms with E-state index in [0.717, 1.165) is 64.6 Å². The van der Waals surface area contributed by atoms with E-state index in [1.54, 1.807) is 18.3 Å². The van der Waals surface area contributed by atoms with E-state index in [4.69, 9.17) is 4.74 Å². The second-order valence-electron chi connectivity index (χ2n) is 5.42. The molecule has 0 aliphatic carbocycles. The molecule has 0 bridgehead atoms. The fourth-order valence-corrected chi connectivity index (χ4v) is 2.32. The molecule has 6 heteroatoms. The molecule has 0 radical (unpaired) electrons. The normalized spacial score (nSPS) is 15.5. The van der Waals surface area contributed by atoms with E-state index in [2.05, 4.69) is 27.4 Å². The van der Waals surface area contributed by atoms with Gasteiger partial charge in [-0.05, 0) is 18.6 Å². The third kappa shape index (κ3) is 5.61. The zero-order chi connectivity index (χ0) is 15.6. The predicted octanol–water partition coefficient (Wildman–Crippen LogP) is 1.36. The van der Waals surface area contributed by atoms with Crippen LogP contribution in [0.5, 0.6) is 0 Å². The van der Waals surface area contributed by atoms with Crippen molar-refractivity contribution in [3.8, 4) is 0 Å². The highest BCUT2D eigenvalue weighted by molar-refractivity contribution is 5.94. The van der Waals surface area contributed by atoms with Gasteiger partial charge in [-0.25, -0.2) is 4.98 Å². The number of nitrogens with zero attached hydrogens (tertiary/aromatic N) is 2. The average molecular weight is 306 g/mol. The number of pyridine rings is 1. The monoisotopic (exact) mass is 306 g/mol. The number of aromatic nitrogens is 1. The highest BCUT2D eigenvalue weighted by Gasteiger charge is 2.10. The molecule has 1 aliphatic heterocycles. The molecule has 2 heterocycles. The molecule has 1 saturated heterocycles. The van der Waals surface area contributed by atoms with E-state index < -0.39 is 0 Å². The van der Waals surface area contributed by atoms with Crippen molar-refractivity contribution < 1.29 is 9.53 Å². The average Bonchev–Trinajstić information content (AvgIpc) is 2.56. The fourth-order valence-electron chi connectivity index (χ4n) is 2.32. The van der Waals surface area contributed by atoms with Crippen LogP contribution in [0, 0.1) is 0 Å². The minimum absolute atomic E-state index is 0.0351. The van der Waals surface area contributed by atoms with Crippen molar-refractivity contribution in [2.24, 2.45) is 0 Å². The fraction of sp³-hybridized carbons (Fsp3) is 0.625. The van der Waals surface area contributed by atoms with Gasteiger partial charge in [0.25, 0.3) is 5.91 Å². The number of ether oxygens (including phenoxy) is 1. The summed E-state index contributed by atoms with van der Waals surface area (Å²) in [6, 6.07) is 3.55. The van der Waals surface area contributed by atoms with Crippen LogP contribution >= 0.6 is 0 Å². The number of nitrogens with one attached hydrogen (secondary N) is 2. The lowest BCUT2D eigenvalue weighted by atomic mass is 10.2. The molecular weight excluding hydrogens is 280 g/mol. The summed E-state index contributed by atoms with van der Waals surface area (Å²) in [6.45, 7) is 8.18. The topological polar surface area (TPSA) is 66.5 Å². The summed E-state index contributed by atoms with van der Waals surface area (Å²) in [4.78, 5) is 18.6. The van der Waals surface area contributed by atoms with Gasteiger partial charge in [-0.1, -0.05) is 13.3 Å². The van der Waals surface area contributed by atoms with Gasteiger partial charge in [-0.2, -0.15) is 0 Å². The Labute approximate surface area is 132 Å². The van der Waals surface area contributed by atoms with E-state index in [-0.39, 0.29) is 5.91 Å². The third-order valence-corrected chi connectivity index (χ3v) is 3.68. The van der Waals surface area contributed by atoms with Gasteiger partial charge in [-0.15, -0.1) is 0 Å². The van der Waals surface area contributed by atoms with Gasteiger partial charge >= 0.3 is 0 Å². The van der Waals surface area contributed by atoms with Crippen LogP contribution in [0.2, 0.25) is 0 Å². The van der Waals surface area contributed by atoms with Crippen molar-refractivity contribution in [3.63, 3.8) is 0 Å². The Morgan fingerprint density at radius 1 is 1.36 bits per heavy atom. The Balaban J connectivity index is 1.76. The van der Waals surface area contributed by atoms with Gasteiger partial charge in [0.2, 0.25) is 0 Å². The summed E-state index contributed by atoms with van der Waals surface area (Å²) in [5.74, 6) is 0.712. The van der Waals surface area contributed by atoms with E-state index in [0.29, 0.717) is 5.56 Å². The second kappa shape index (κ2) is 9.38. The van der Waals surface area contributed by atoms with Crippen LogP contribution in [-0.2, 0) is 4.74 Å². The van der Waals surface area contributed by atoms with Crippen LogP contribution in [0.15, 0.2) is 18.3 Å². The van der Waals surface area contributed by atoms with Crippen molar-refractivity contribution >= 4 is 11.7 Å². The molecule has 1 aliphatic rings. The van der Waals surface area contributed by atoms with Gasteiger partial charge in [0.1, 0.15) is 5.82 Å². The largest absolute Gasteiger partial charge is 0.379 e. The van der Waals surface area contributed by atoms with Crippen LogP contribution in [0.25, 0.3) is 0 Å². The maximum absolute atomic E-state index is 12.0. The SMILES string of the molecule is CCCCNC(=O)c1ccnc(NCCN2CCOCC2)c1. The van der Waals surface area contributed by atoms with Crippen molar-refractivity contribution in [2.75, 3.05) is 51.3 Å². The number of rotatable bonds is 8. The molecule has 1 fully saturated rings. The number of carbonyl (C=O) groups excluding carboxylic acids is 1. The molecule has 122 valence electrons. The molecule has 2 N–H and O–H groups in total. The zero-order valence-corrected chi connectivity index (χ0v) is 13.3. The third-order valence-electron chi connectivity index (χ3n) is 3.68. The molecule has 1 amide bonds. The summed E-state index contributed by atoms with van der Waals surface area (Å²) >= 11 is 0. The van der Waals surface area contributed by atoms with Crippen molar-refractivity contribution in [1.82, 2.24) is 15.2 Å². The van der Waals surface area contributed by atoms with Crippen LogP contribution in [0.4, 0.5) is 5.82 Å². The van der Waals surface area contributed by atoms with Crippen LogP contribution in [0.3, 0.4) is 0 Å². The van der Waals surface area contributed by atoms with E-state index in [1.165, 1.54) is 0 Å². The van der Waals surface area contributed by atoms with Gasteiger partial charge in [-0.3, -0.25) is 9.69 Å². The smallest absolute Gasteiger partial charge is 0.251 e. The summed E-state index contributed by atoms with van der Waals surface area (Å²) in [7, 11) is 0. The number of unbranched alkanes of at least 4 members (excludes halogenated alkanes) is 1. The molecule has 0 spiro atoms. The Kier molecular flexibility index (Phi) is 7.12. The van der Waals surface area contributed by atoms with Crippen LogP contribution < -0.4 is 10.6 Å². The maximum atomic E-state index is 12.0. The van der Waals surface area contributed by atoms with Gasteiger partial charge < -0.3 is 15.4 Å². The molecular formula is C16H26N4O2. The number of amides is 1. The lowest BCUT2D eigenvalue weighted by Gasteiger charge is -2.26. The second-order valence-corrected chi connectivity index (χ2v) is 5.42. The summed E-state index contributed by atoms with van der Waals surface area (Å²) in [5.41, 5.74) is 0.653. The first kappa shape index (κ1) is 16.7. The standard InChI is InChI=1S/C16H26N4O2/c1-2-3-5-19-16(21)14-4-6-17-15(13-14)18-7-8-20-9-11-22-12-10-20/h4,6,13H,2-3,5,7-12H2,1H3,(H,17,18)(H,19,21). The minimum Gasteiger partial charge on any atom is -0.379 e. The predicted molar refractivity (Wildman–Crippen MR) is 87.2 cm³/mol. The number of morpholine rings is 1. The van der Waals surface area contributed by atoms with Gasteiger partial charge in [0.15, 0.2) is 0 Å². The Hall–Kier alpha value is -1.66. The highest BCUT2D eigenvalue weighted by Crippen LogP contribution is 2.07. The van der Waals surface area contributed by atoms with Gasteiger partial charge in [0, 0.05) is 44.5 Å². The van der Waals surface area contributed by atoms with E-state index in [1.807, 2.05) is 0 Å². The summed E-state index contributed by atoms with van der Waals surface area (Å²) in [6.07, 6.45) is 3.75. The Morgan fingerprint density at radius 3 is 2.95 bits per heavy atom. The number of anilines is 1. The first-order valence-corrected chi connectivity index (χ1v) is 8.08. The molecule has 0 unspecified atom stereocenters. The molecule has 0 saturated carbocycles. The van der Waals surface area contributed by atoms with Crippen molar-refractivity contribution in [2.45, 2.75) is 19.8 Å². The molecule has 22 heavy (non-hydrogen) atoms. The quantitative estimate of drug-likeness (QED) is 0.710. The van der Waals surface area contributed by atoms with E-state index in [9.17, 15) is 4.79 Å². The van der Waals surface area contributed by atoms with Crippen molar-refractivity contribution in [1.29, 1.82) is 0 Å². The molecule has 0 aromatic carbocycles. The number of hydrogen-bond donors (Lipinski definition) is 2. The molecule has 6 nitrogen and oxygen atoms in total. The highest BCUT2D eigenvalue weighted by atomic mass is 16.5. The zero-order valence-electron chi connectivity index (χ0n) is 13.3. The first-order chi connectivity index (χ1) is 10.8. The van der Waals surface area contributed by atoms with Gasteiger partial charge in [0.05, 0.1) is 13.2 Å². The summed E-state index contributed by atoms with van der Waals surface area (Å²) in [5, 5.41) is 6.20. The maximum Gasteiger partial charge on any atom is 0.251 e. The molecule has 2 rings (SSSR count). The number of hydrogen-bond acceptors (Lipinski definition) is 5. The number of carbonyl (C=O) groups is 1. The molecule has 0 atom stereocenters. The lowest BCUT2D eigenvalue weighted by molar-refractivity contribution is 0.0398. The molecule has 1 aromatic heterocycles. The Morgan fingerprint density at radius 2 is 2.18 bits per heavy atom. The van der Waals surface area contributed by atoms with E-state index >= 15 is 0 Å². The minimum atomic E-state index is -0.0351. The first-order valence-electron chi connectivity index (χ1n) is 8.08. The summed E-state index contributed by atoms with van der Waals surface area (Å²) < 4.78 is 5.33. The molecule has 1 aromatic rings.